The van der Waals surface area contributed by atoms with Crippen molar-refractivity contribution in [3.8, 4) is 0 Å². The molecule has 0 aromatic heterocycles. The first-order chi connectivity index (χ1) is 12.5. The lowest BCUT2D eigenvalue weighted by molar-refractivity contribution is -0.124. The minimum absolute atomic E-state index is 0.0916. The number of ether oxygens (including phenoxy) is 1. The summed E-state index contributed by atoms with van der Waals surface area (Å²) in [5, 5.41) is 5.87. The molecule has 2 N–H and O–H groups in total. The molecule has 2 aliphatic rings. The number of alkyl carbamates (subject to hydrolysis) is 1. The average molecular weight is 368 g/mol. The van der Waals surface area contributed by atoms with Crippen LogP contribution >= 0.6 is 0 Å². The maximum atomic E-state index is 12.8. The van der Waals surface area contributed by atoms with Gasteiger partial charge in [0.2, 0.25) is 5.91 Å². The van der Waals surface area contributed by atoms with Crippen molar-refractivity contribution in [1.82, 2.24) is 15.5 Å². The van der Waals surface area contributed by atoms with Crippen molar-refractivity contribution in [1.29, 1.82) is 0 Å². The first kappa shape index (κ1) is 21.0. The van der Waals surface area contributed by atoms with Crippen molar-refractivity contribution in [2.24, 2.45) is 5.92 Å². The Morgan fingerprint density at radius 2 is 1.65 bits per heavy atom. The highest BCUT2D eigenvalue weighted by Crippen LogP contribution is 2.35. The fraction of sp³-hybridized carbons (Fsp3) is 0.900. The van der Waals surface area contributed by atoms with Crippen molar-refractivity contribution >= 4 is 12.0 Å². The number of carbonyl (C=O) groups is 2. The van der Waals surface area contributed by atoms with Crippen LogP contribution in [0.1, 0.15) is 71.6 Å². The second-order valence-electron chi connectivity index (χ2n) is 8.37. The highest BCUT2D eigenvalue weighted by molar-refractivity contribution is 5.85. The summed E-state index contributed by atoms with van der Waals surface area (Å²) in [6, 6.07) is -0.538. The van der Waals surface area contributed by atoms with Crippen LogP contribution < -0.4 is 10.6 Å². The first-order valence-corrected chi connectivity index (χ1v) is 10.3. The van der Waals surface area contributed by atoms with Gasteiger partial charge in [0.15, 0.2) is 0 Å². The third-order valence-electron chi connectivity index (χ3n) is 5.90. The quantitative estimate of drug-likeness (QED) is 0.725. The summed E-state index contributed by atoms with van der Waals surface area (Å²) in [6.07, 6.45) is 9.99. The minimum atomic E-state index is -0.547. The summed E-state index contributed by atoms with van der Waals surface area (Å²) in [5.74, 6) is 0.222. The fourth-order valence-corrected chi connectivity index (χ4v) is 4.46. The van der Waals surface area contributed by atoms with Crippen LogP contribution in [0.2, 0.25) is 0 Å². The lowest BCUT2D eigenvalue weighted by Crippen LogP contribution is -2.59. The Hall–Kier alpha value is -1.30. The maximum Gasteiger partial charge on any atom is 0.407 e. The molecule has 1 heterocycles. The lowest BCUT2D eigenvalue weighted by Gasteiger charge is -2.48. The molecule has 1 unspecified atom stereocenters. The Balaban J connectivity index is 2.00. The van der Waals surface area contributed by atoms with Gasteiger partial charge in [0.1, 0.15) is 6.04 Å². The van der Waals surface area contributed by atoms with Crippen molar-refractivity contribution in [3.63, 3.8) is 0 Å². The van der Waals surface area contributed by atoms with Crippen molar-refractivity contribution in [2.45, 2.75) is 83.2 Å². The van der Waals surface area contributed by atoms with E-state index >= 15 is 0 Å². The van der Waals surface area contributed by atoms with Gasteiger partial charge in [-0.05, 0) is 51.1 Å². The van der Waals surface area contributed by atoms with Crippen LogP contribution in [0.4, 0.5) is 4.79 Å². The van der Waals surface area contributed by atoms with E-state index in [1.165, 1.54) is 45.6 Å². The molecule has 1 aliphatic carbocycles. The van der Waals surface area contributed by atoms with Gasteiger partial charge in [-0.2, -0.15) is 0 Å². The molecule has 1 aliphatic heterocycles. The van der Waals surface area contributed by atoms with Gasteiger partial charge >= 0.3 is 6.09 Å². The van der Waals surface area contributed by atoms with Crippen molar-refractivity contribution < 1.29 is 14.3 Å². The van der Waals surface area contributed by atoms with E-state index in [0.29, 0.717) is 18.9 Å². The van der Waals surface area contributed by atoms with Gasteiger partial charge in [0.05, 0.1) is 7.11 Å². The topological polar surface area (TPSA) is 70.7 Å². The number of likely N-dealkylation sites (tertiary alicyclic amines) is 1. The molecule has 0 aromatic carbocycles. The molecule has 0 spiro atoms. The van der Waals surface area contributed by atoms with Crippen LogP contribution in [0.3, 0.4) is 0 Å². The molecule has 6 nitrogen and oxygen atoms in total. The SMILES string of the molecule is COC(=O)NC(CC(C)C)C(=O)NCC1(N2CCCCC2)CCCCC1. The molecule has 2 fully saturated rings. The van der Waals surface area contributed by atoms with Crippen LogP contribution in [-0.2, 0) is 9.53 Å². The van der Waals surface area contributed by atoms with E-state index in [1.807, 2.05) is 0 Å². The summed E-state index contributed by atoms with van der Waals surface area (Å²) in [7, 11) is 1.33. The molecule has 0 radical (unpaired) electrons. The van der Waals surface area contributed by atoms with Crippen LogP contribution in [0.15, 0.2) is 0 Å². The van der Waals surface area contributed by atoms with Crippen LogP contribution in [0.25, 0.3) is 0 Å². The third-order valence-corrected chi connectivity index (χ3v) is 5.90. The molecule has 1 saturated heterocycles. The summed E-state index contributed by atoms with van der Waals surface area (Å²) in [4.78, 5) is 27.0. The number of nitrogens with one attached hydrogen (secondary N) is 2. The molecule has 2 rings (SSSR count). The molecular formula is C20H37N3O3. The van der Waals surface area contributed by atoms with Crippen LogP contribution in [0, 0.1) is 5.92 Å². The van der Waals surface area contributed by atoms with Gasteiger partial charge in [0.25, 0.3) is 0 Å². The summed E-state index contributed by atoms with van der Waals surface area (Å²) in [6.45, 7) is 7.08. The summed E-state index contributed by atoms with van der Waals surface area (Å²) in [5.41, 5.74) is 0.0992. The molecule has 1 atom stereocenters. The first-order valence-electron chi connectivity index (χ1n) is 10.3. The fourth-order valence-electron chi connectivity index (χ4n) is 4.46. The third kappa shape index (κ3) is 5.86. The predicted molar refractivity (Wildman–Crippen MR) is 103 cm³/mol. The van der Waals surface area contributed by atoms with Gasteiger partial charge in [-0.3, -0.25) is 9.69 Å². The van der Waals surface area contributed by atoms with E-state index in [1.54, 1.807) is 0 Å². The zero-order chi connectivity index (χ0) is 19.0. The van der Waals surface area contributed by atoms with E-state index in [-0.39, 0.29) is 11.4 Å². The highest BCUT2D eigenvalue weighted by Gasteiger charge is 2.39. The molecule has 2 amide bonds. The number of amides is 2. The van der Waals surface area contributed by atoms with E-state index in [0.717, 1.165) is 25.9 Å². The van der Waals surface area contributed by atoms with Crippen LogP contribution in [0.5, 0.6) is 0 Å². The Labute approximate surface area is 158 Å². The highest BCUT2D eigenvalue weighted by atomic mass is 16.5. The average Bonchev–Trinajstić information content (AvgIpc) is 2.66. The van der Waals surface area contributed by atoms with E-state index < -0.39 is 12.1 Å². The monoisotopic (exact) mass is 367 g/mol. The van der Waals surface area contributed by atoms with Crippen molar-refractivity contribution in [2.75, 3.05) is 26.7 Å². The van der Waals surface area contributed by atoms with E-state index in [9.17, 15) is 9.59 Å². The second-order valence-corrected chi connectivity index (χ2v) is 8.37. The zero-order valence-corrected chi connectivity index (χ0v) is 16.8. The number of piperidine rings is 1. The van der Waals surface area contributed by atoms with Gasteiger partial charge in [0, 0.05) is 12.1 Å². The van der Waals surface area contributed by atoms with Gasteiger partial charge in [-0.25, -0.2) is 4.79 Å². The van der Waals surface area contributed by atoms with E-state index in [2.05, 4.69) is 34.1 Å². The Bertz CT molecular complexity index is 455. The minimum Gasteiger partial charge on any atom is -0.453 e. The molecule has 1 saturated carbocycles. The van der Waals surface area contributed by atoms with Crippen LogP contribution in [-0.4, -0.2) is 55.2 Å². The smallest absolute Gasteiger partial charge is 0.407 e. The van der Waals surface area contributed by atoms with Gasteiger partial charge < -0.3 is 15.4 Å². The van der Waals surface area contributed by atoms with Gasteiger partial charge in [-0.1, -0.05) is 39.5 Å². The largest absolute Gasteiger partial charge is 0.453 e. The number of hydrogen-bond donors (Lipinski definition) is 2. The second kappa shape index (κ2) is 10.1. The summed E-state index contributed by atoms with van der Waals surface area (Å²) < 4.78 is 4.68. The molecule has 0 aromatic rings. The number of rotatable bonds is 7. The normalized spacial score (nSPS) is 21.8. The number of nitrogens with zero attached hydrogens (tertiary/aromatic N) is 1. The number of hydrogen-bond acceptors (Lipinski definition) is 4. The summed E-state index contributed by atoms with van der Waals surface area (Å²) >= 11 is 0. The predicted octanol–water partition coefficient (Wildman–Crippen LogP) is 3.06. The Morgan fingerprint density at radius 3 is 2.23 bits per heavy atom. The molecular weight excluding hydrogens is 330 g/mol. The molecule has 26 heavy (non-hydrogen) atoms. The molecule has 6 heteroatoms. The Kier molecular flexibility index (Phi) is 8.19. The van der Waals surface area contributed by atoms with E-state index in [4.69, 9.17) is 0 Å². The molecule has 0 bridgehead atoms. The number of carbonyl (C=O) groups excluding carboxylic acids is 2. The lowest BCUT2D eigenvalue weighted by atomic mass is 9.79. The molecule has 150 valence electrons. The Morgan fingerprint density at radius 1 is 1.04 bits per heavy atom. The van der Waals surface area contributed by atoms with Gasteiger partial charge in [-0.15, -0.1) is 0 Å². The van der Waals surface area contributed by atoms with Crippen molar-refractivity contribution in [3.05, 3.63) is 0 Å². The standard InChI is InChI=1S/C20H37N3O3/c1-16(2)14-17(22-19(25)26-3)18(24)21-15-20(10-6-4-7-11-20)23-12-8-5-9-13-23/h16-17H,4-15H2,1-3H3,(H,21,24)(H,22,25). The maximum absolute atomic E-state index is 12.8. The number of methoxy groups -OCH3 is 1. The zero-order valence-electron chi connectivity index (χ0n) is 16.8.